The number of hydrogen-bond acceptors (Lipinski definition) is 3. The molecule has 0 atom stereocenters. The average molecular weight is 209 g/mol. The van der Waals surface area contributed by atoms with E-state index in [9.17, 15) is 0 Å². The molecule has 4 N–H and O–H groups in total. The van der Waals surface area contributed by atoms with Crippen LogP contribution in [0, 0.1) is 0 Å². The molecule has 0 radical (unpaired) electrons. The molecule has 1 heterocycles. The van der Waals surface area contributed by atoms with Gasteiger partial charge in [0, 0.05) is 22.4 Å². The molecule has 3 rings (SSSR count). The van der Waals surface area contributed by atoms with Crippen LogP contribution in [0.2, 0.25) is 0 Å². The molecule has 16 heavy (non-hydrogen) atoms. The Morgan fingerprint density at radius 1 is 0.750 bits per heavy atom. The smallest absolute Gasteiger partial charge is 0.0802 e. The van der Waals surface area contributed by atoms with E-state index >= 15 is 0 Å². The maximum atomic E-state index is 6.03. The number of aromatic nitrogens is 1. The summed E-state index contributed by atoms with van der Waals surface area (Å²) in [5, 5.41) is 2.93. The number of nitrogens with zero attached hydrogens (tertiary/aromatic N) is 1. The van der Waals surface area contributed by atoms with Crippen molar-refractivity contribution in [2.45, 2.75) is 0 Å². The van der Waals surface area contributed by atoms with Gasteiger partial charge in [-0.05, 0) is 12.1 Å². The molecule has 0 spiro atoms. The molecule has 3 nitrogen and oxygen atoms in total. The van der Waals surface area contributed by atoms with Gasteiger partial charge in [-0.2, -0.15) is 0 Å². The second kappa shape index (κ2) is 3.10. The summed E-state index contributed by atoms with van der Waals surface area (Å²) < 4.78 is 0. The van der Waals surface area contributed by atoms with Gasteiger partial charge in [0.2, 0.25) is 0 Å². The SMILES string of the molecule is Nc1c(N)c2cccnc2c2ccccc12. The van der Waals surface area contributed by atoms with E-state index in [1.54, 1.807) is 6.20 Å². The van der Waals surface area contributed by atoms with Crippen molar-refractivity contribution >= 4 is 33.1 Å². The van der Waals surface area contributed by atoms with Gasteiger partial charge in [0.05, 0.1) is 16.9 Å². The lowest BCUT2D eigenvalue weighted by molar-refractivity contribution is 1.43. The normalized spacial score (nSPS) is 11.0. The molecule has 3 heteroatoms. The van der Waals surface area contributed by atoms with E-state index < -0.39 is 0 Å². The van der Waals surface area contributed by atoms with Crippen LogP contribution in [-0.4, -0.2) is 4.98 Å². The predicted octanol–water partition coefficient (Wildman–Crippen LogP) is 2.55. The van der Waals surface area contributed by atoms with E-state index in [2.05, 4.69) is 4.98 Å². The van der Waals surface area contributed by atoms with Crippen molar-refractivity contribution in [2.75, 3.05) is 11.5 Å². The Morgan fingerprint density at radius 3 is 2.19 bits per heavy atom. The second-order valence-corrected chi connectivity index (χ2v) is 3.77. The second-order valence-electron chi connectivity index (χ2n) is 3.77. The summed E-state index contributed by atoms with van der Waals surface area (Å²) in [4.78, 5) is 4.38. The van der Waals surface area contributed by atoms with Gasteiger partial charge in [-0.3, -0.25) is 4.98 Å². The molecule has 0 bridgehead atoms. The van der Waals surface area contributed by atoms with E-state index in [-0.39, 0.29) is 0 Å². The van der Waals surface area contributed by atoms with Crippen LogP contribution in [0.4, 0.5) is 11.4 Å². The maximum absolute atomic E-state index is 6.03. The third-order valence-electron chi connectivity index (χ3n) is 2.86. The largest absolute Gasteiger partial charge is 0.397 e. The maximum Gasteiger partial charge on any atom is 0.0802 e. The van der Waals surface area contributed by atoms with Crippen LogP contribution in [-0.2, 0) is 0 Å². The summed E-state index contributed by atoms with van der Waals surface area (Å²) in [6.45, 7) is 0. The predicted molar refractivity (Wildman–Crippen MR) is 68.1 cm³/mol. The van der Waals surface area contributed by atoms with Crippen molar-refractivity contribution < 1.29 is 0 Å². The first-order valence-corrected chi connectivity index (χ1v) is 5.09. The molecule has 0 unspecified atom stereocenters. The molecule has 3 aromatic rings. The number of nitrogen functional groups attached to an aromatic ring is 2. The zero-order chi connectivity index (χ0) is 11.1. The summed E-state index contributed by atoms with van der Waals surface area (Å²) in [5.41, 5.74) is 14.2. The molecule has 0 saturated heterocycles. The van der Waals surface area contributed by atoms with Crippen molar-refractivity contribution in [2.24, 2.45) is 0 Å². The summed E-state index contributed by atoms with van der Waals surface area (Å²) in [6, 6.07) is 11.7. The molecule has 0 saturated carbocycles. The quantitative estimate of drug-likeness (QED) is 0.340. The van der Waals surface area contributed by atoms with E-state index in [1.165, 1.54) is 0 Å². The zero-order valence-electron chi connectivity index (χ0n) is 8.64. The van der Waals surface area contributed by atoms with Crippen molar-refractivity contribution in [3.8, 4) is 0 Å². The first kappa shape index (κ1) is 8.97. The molecule has 0 amide bonds. The Labute approximate surface area is 92.7 Å². The molecule has 0 aliphatic rings. The molecular weight excluding hydrogens is 198 g/mol. The highest BCUT2D eigenvalue weighted by molar-refractivity contribution is 6.17. The Hall–Kier alpha value is -2.29. The number of hydrogen-bond donors (Lipinski definition) is 2. The minimum atomic E-state index is 0.613. The first-order valence-electron chi connectivity index (χ1n) is 5.09. The monoisotopic (exact) mass is 209 g/mol. The molecule has 1 aromatic heterocycles. The lowest BCUT2D eigenvalue weighted by Gasteiger charge is -2.09. The fraction of sp³-hybridized carbons (Fsp3) is 0. The highest BCUT2D eigenvalue weighted by Crippen LogP contribution is 2.34. The molecule has 0 aliphatic heterocycles. The van der Waals surface area contributed by atoms with Gasteiger partial charge in [-0.15, -0.1) is 0 Å². The van der Waals surface area contributed by atoms with Crippen LogP contribution in [0.3, 0.4) is 0 Å². The minimum absolute atomic E-state index is 0.613. The fourth-order valence-corrected chi connectivity index (χ4v) is 2.05. The highest BCUT2D eigenvalue weighted by atomic mass is 14.7. The van der Waals surface area contributed by atoms with Gasteiger partial charge in [0.25, 0.3) is 0 Å². The molecule has 78 valence electrons. The van der Waals surface area contributed by atoms with Crippen molar-refractivity contribution in [3.63, 3.8) is 0 Å². The van der Waals surface area contributed by atoms with Gasteiger partial charge < -0.3 is 11.5 Å². The van der Waals surface area contributed by atoms with Crippen molar-refractivity contribution in [1.82, 2.24) is 4.98 Å². The van der Waals surface area contributed by atoms with Crippen molar-refractivity contribution in [1.29, 1.82) is 0 Å². The van der Waals surface area contributed by atoms with Gasteiger partial charge in [0.15, 0.2) is 0 Å². The number of nitrogens with two attached hydrogens (primary N) is 2. The van der Waals surface area contributed by atoms with Crippen LogP contribution in [0.1, 0.15) is 0 Å². The van der Waals surface area contributed by atoms with Crippen LogP contribution in [0.5, 0.6) is 0 Å². The molecule has 2 aromatic carbocycles. The van der Waals surface area contributed by atoms with E-state index in [4.69, 9.17) is 11.5 Å². The summed E-state index contributed by atoms with van der Waals surface area (Å²) >= 11 is 0. The van der Waals surface area contributed by atoms with Crippen LogP contribution < -0.4 is 11.5 Å². The minimum Gasteiger partial charge on any atom is -0.397 e. The van der Waals surface area contributed by atoms with Crippen molar-refractivity contribution in [3.05, 3.63) is 42.6 Å². The molecular formula is C13H11N3. The van der Waals surface area contributed by atoms with Gasteiger partial charge in [-0.25, -0.2) is 0 Å². The Balaban J connectivity index is 2.69. The summed E-state index contributed by atoms with van der Waals surface area (Å²) in [7, 11) is 0. The lowest BCUT2D eigenvalue weighted by Crippen LogP contribution is -1.98. The topological polar surface area (TPSA) is 64.9 Å². The number of rotatable bonds is 0. The fourth-order valence-electron chi connectivity index (χ4n) is 2.05. The zero-order valence-corrected chi connectivity index (χ0v) is 8.64. The number of pyridine rings is 1. The van der Waals surface area contributed by atoms with E-state index in [0.29, 0.717) is 11.4 Å². The van der Waals surface area contributed by atoms with Gasteiger partial charge >= 0.3 is 0 Å². The average Bonchev–Trinajstić information content (AvgIpc) is 2.36. The van der Waals surface area contributed by atoms with Crippen LogP contribution in [0.15, 0.2) is 42.6 Å². The number of anilines is 2. The Bertz CT molecular complexity index is 628. The summed E-state index contributed by atoms with van der Waals surface area (Å²) in [5.74, 6) is 0. The molecule has 0 fully saturated rings. The van der Waals surface area contributed by atoms with Gasteiger partial charge in [-0.1, -0.05) is 24.3 Å². The van der Waals surface area contributed by atoms with Crippen LogP contribution in [0.25, 0.3) is 21.7 Å². The lowest BCUT2D eigenvalue weighted by atomic mass is 10.0. The number of fused-ring (bicyclic) bond motifs is 3. The van der Waals surface area contributed by atoms with E-state index in [1.807, 2.05) is 36.4 Å². The standard InChI is InChI=1S/C13H11N3/c14-11-8-4-1-2-5-9(8)13-10(12(11)15)6-3-7-16-13/h1-7H,14-15H2. The van der Waals surface area contributed by atoms with Gasteiger partial charge in [0.1, 0.15) is 0 Å². The van der Waals surface area contributed by atoms with Crippen LogP contribution >= 0.6 is 0 Å². The Kier molecular flexibility index (Phi) is 1.74. The third-order valence-corrected chi connectivity index (χ3v) is 2.86. The number of benzene rings is 2. The Morgan fingerprint density at radius 2 is 1.38 bits per heavy atom. The molecule has 0 aliphatic carbocycles. The third kappa shape index (κ3) is 1.05. The highest BCUT2D eigenvalue weighted by Gasteiger charge is 2.09. The summed E-state index contributed by atoms with van der Waals surface area (Å²) in [6.07, 6.45) is 1.77. The first-order chi connectivity index (χ1) is 7.79. The van der Waals surface area contributed by atoms with E-state index in [0.717, 1.165) is 21.7 Å².